The molecule has 0 bridgehead atoms. The van der Waals surface area contributed by atoms with E-state index in [4.69, 9.17) is 12.2 Å². The average Bonchev–Trinajstić information content (AvgIpc) is 2.90. The monoisotopic (exact) mass is 277 g/mol. The maximum Gasteiger partial charge on any atom is 0.166 e. The number of pyridine rings is 1. The van der Waals surface area contributed by atoms with E-state index in [2.05, 4.69) is 25.9 Å². The molecule has 0 radical (unpaired) electrons. The fourth-order valence-electron chi connectivity index (χ4n) is 1.88. The van der Waals surface area contributed by atoms with Crippen LogP contribution in [0.15, 0.2) is 24.5 Å². The van der Waals surface area contributed by atoms with Gasteiger partial charge in [0.15, 0.2) is 5.11 Å². The second-order valence-electron chi connectivity index (χ2n) is 4.28. The van der Waals surface area contributed by atoms with E-state index in [9.17, 15) is 0 Å². The molecule has 0 aliphatic carbocycles. The van der Waals surface area contributed by atoms with Crippen LogP contribution in [0, 0.1) is 0 Å². The molecule has 6 heteroatoms. The first-order valence-corrected chi connectivity index (χ1v) is 6.79. The molecule has 19 heavy (non-hydrogen) atoms. The van der Waals surface area contributed by atoms with Gasteiger partial charge in [-0.05, 0) is 49.9 Å². The number of hydrogen-bond donors (Lipinski definition) is 4. The Hall–Kier alpha value is -1.66. The Morgan fingerprint density at radius 1 is 1.32 bits per heavy atom. The Morgan fingerprint density at radius 2 is 2.21 bits per heavy atom. The van der Waals surface area contributed by atoms with Gasteiger partial charge in [0.2, 0.25) is 0 Å². The molecule has 2 heterocycles. The van der Waals surface area contributed by atoms with E-state index < -0.39 is 0 Å². The molecule has 0 aromatic carbocycles. The number of rotatable bonds is 6. The SMILES string of the molecule is CNCCCNC(=S)NCc1ccnc2[nH]ccc12. The van der Waals surface area contributed by atoms with Gasteiger partial charge < -0.3 is 20.9 Å². The van der Waals surface area contributed by atoms with Crippen LogP contribution in [0.5, 0.6) is 0 Å². The van der Waals surface area contributed by atoms with Crippen molar-refractivity contribution in [3.05, 3.63) is 30.1 Å². The summed E-state index contributed by atoms with van der Waals surface area (Å²) in [6.07, 6.45) is 4.75. The second kappa shape index (κ2) is 7.06. The molecule has 2 aromatic rings. The molecule has 0 unspecified atom stereocenters. The predicted molar refractivity (Wildman–Crippen MR) is 82.1 cm³/mol. The minimum Gasteiger partial charge on any atom is -0.363 e. The van der Waals surface area contributed by atoms with Crippen LogP contribution >= 0.6 is 12.2 Å². The smallest absolute Gasteiger partial charge is 0.166 e. The minimum atomic E-state index is 0.691. The molecule has 4 N–H and O–H groups in total. The first kappa shape index (κ1) is 13.8. The molecular formula is C13H19N5S. The number of nitrogens with zero attached hydrogens (tertiary/aromatic N) is 1. The zero-order valence-electron chi connectivity index (χ0n) is 11.0. The van der Waals surface area contributed by atoms with Gasteiger partial charge >= 0.3 is 0 Å². The van der Waals surface area contributed by atoms with Crippen LogP contribution in [0.1, 0.15) is 12.0 Å². The minimum absolute atomic E-state index is 0.691. The van der Waals surface area contributed by atoms with E-state index in [1.165, 1.54) is 5.56 Å². The Morgan fingerprint density at radius 3 is 3.05 bits per heavy atom. The Kier molecular flexibility index (Phi) is 5.11. The molecule has 0 amide bonds. The first-order chi connectivity index (χ1) is 9.31. The lowest BCUT2D eigenvalue weighted by atomic mass is 10.2. The summed E-state index contributed by atoms with van der Waals surface area (Å²) < 4.78 is 0. The standard InChI is InChI=1S/C13H19N5S/c1-14-5-2-6-17-13(19)18-9-10-3-7-15-12-11(10)4-8-16-12/h3-4,7-8,14H,2,5-6,9H2,1H3,(H,15,16)(H2,17,18,19). The van der Waals surface area contributed by atoms with Crippen LogP contribution in [0.4, 0.5) is 0 Å². The van der Waals surface area contributed by atoms with Crippen molar-refractivity contribution in [1.29, 1.82) is 0 Å². The summed E-state index contributed by atoms with van der Waals surface area (Å²) in [4.78, 5) is 7.36. The van der Waals surface area contributed by atoms with Gasteiger partial charge in [-0.3, -0.25) is 0 Å². The van der Waals surface area contributed by atoms with Crippen molar-refractivity contribution >= 4 is 28.4 Å². The highest BCUT2D eigenvalue weighted by Crippen LogP contribution is 2.14. The van der Waals surface area contributed by atoms with Crippen molar-refractivity contribution in [2.45, 2.75) is 13.0 Å². The van der Waals surface area contributed by atoms with Crippen LogP contribution in [-0.2, 0) is 6.54 Å². The molecule has 0 spiro atoms. The quantitative estimate of drug-likeness (QED) is 0.471. The molecule has 0 saturated heterocycles. The van der Waals surface area contributed by atoms with Crippen LogP contribution in [0.25, 0.3) is 11.0 Å². The van der Waals surface area contributed by atoms with Gasteiger partial charge in [0.05, 0.1) is 0 Å². The van der Waals surface area contributed by atoms with Crippen molar-refractivity contribution in [2.75, 3.05) is 20.1 Å². The lowest BCUT2D eigenvalue weighted by molar-refractivity contribution is 0.697. The van der Waals surface area contributed by atoms with Gasteiger partial charge in [-0.1, -0.05) is 0 Å². The van der Waals surface area contributed by atoms with Crippen LogP contribution in [0.3, 0.4) is 0 Å². The van der Waals surface area contributed by atoms with Gasteiger partial charge in [-0.15, -0.1) is 0 Å². The summed E-state index contributed by atoms with van der Waals surface area (Å²) >= 11 is 5.24. The van der Waals surface area contributed by atoms with Crippen molar-refractivity contribution in [1.82, 2.24) is 25.9 Å². The number of H-pyrrole nitrogens is 1. The zero-order chi connectivity index (χ0) is 13.5. The van der Waals surface area contributed by atoms with Crippen molar-refractivity contribution in [2.24, 2.45) is 0 Å². The molecule has 0 saturated carbocycles. The highest BCUT2D eigenvalue weighted by molar-refractivity contribution is 7.80. The van der Waals surface area contributed by atoms with Gasteiger partial charge in [0.1, 0.15) is 5.65 Å². The number of nitrogens with one attached hydrogen (secondary N) is 4. The molecule has 5 nitrogen and oxygen atoms in total. The summed E-state index contributed by atoms with van der Waals surface area (Å²) in [6.45, 7) is 2.57. The van der Waals surface area contributed by atoms with E-state index in [0.717, 1.165) is 30.5 Å². The van der Waals surface area contributed by atoms with Crippen LogP contribution in [-0.4, -0.2) is 35.2 Å². The normalized spacial score (nSPS) is 10.6. The molecule has 2 aromatic heterocycles. The lowest BCUT2D eigenvalue weighted by Crippen LogP contribution is -2.36. The Labute approximate surface area is 118 Å². The molecule has 2 rings (SSSR count). The van der Waals surface area contributed by atoms with E-state index in [1.54, 1.807) is 6.20 Å². The Balaban J connectivity index is 1.82. The summed E-state index contributed by atoms with van der Waals surface area (Å²) in [5.74, 6) is 0. The highest BCUT2D eigenvalue weighted by atomic mass is 32.1. The largest absolute Gasteiger partial charge is 0.363 e. The Bertz CT molecular complexity index is 537. The number of thiocarbonyl (C=S) groups is 1. The van der Waals surface area contributed by atoms with Gasteiger partial charge in [0.25, 0.3) is 0 Å². The maximum absolute atomic E-state index is 5.24. The van der Waals surface area contributed by atoms with Crippen LogP contribution in [0.2, 0.25) is 0 Å². The molecular weight excluding hydrogens is 258 g/mol. The molecule has 0 aliphatic heterocycles. The average molecular weight is 277 g/mol. The van der Waals surface area contributed by atoms with Crippen molar-refractivity contribution < 1.29 is 0 Å². The van der Waals surface area contributed by atoms with Gasteiger partial charge in [0, 0.05) is 30.9 Å². The maximum atomic E-state index is 5.24. The van der Waals surface area contributed by atoms with Gasteiger partial charge in [-0.2, -0.15) is 0 Å². The third-order valence-electron chi connectivity index (χ3n) is 2.88. The zero-order valence-corrected chi connectivity index (χ0v) is 11.8. The first-order valence-electron chi connectivity index (χ1n) is 6.38. The van der Waals surface area contributed by atoms with Crippen LogP contribution < -0.4 is 16.0 Å². The number of hydrogen-bond acceptors (Lipinski definition) is 3. The third-order valence-corrected chi connectivity index (χ3v) is 3.17. The molecule has 102 valence electrons. The van der Waals surface area contributed by atoms with E-state index in [0.29, 0.717) is 11.7 Å². The summed E-state index contributed by atoms with van der Waals surface area (Å²) in [6, 6.07) is 4.04. The van der Waals surface area contributed by atoms with E-state index >= 15 is 0 Å². The molecule has 0 fully saturated rings. The summed E-state index contributed by atoms with van der Waals surface area (Å²) in [5.41, 5.74) is 2.10. The predicted octanol–water partition coefficient (Wildman–Crippen LogP) is 1.14. The summed E-state index contributed by atoms with van der Waals surface area (Å²) in [7, 11) is 1.95. The topological polar surface area (TPSA) is 64.8 Å². The van der Waals surface area contributed by atoms with E-state index in [-0.39, 0.29) is 0 Å². The summed E-state index contributed by atoms with van der Waals surface area (Å²) in [5, 5.41) is 11.3. The number of aromatic nitrogens is 2. The van der Waals surface area contributed by atoms with Gasteiger partial charge in [-0.25, -0.2) is 4.98 Å². The fourth-order valence-corrected chi connectivity index (χ4v) is 2.05. The molecule has 0 atom stereocenters. The number of aromatic amines is 1. The number of fused-ring (bicyclic) bond motifs is 1. The van der Waals surface area contributed by atoms with Crippen molar-refractivity contribution in [3.8, 4) is 0 Å². The van der Waals surface area contributed by atoms with E-state index in [1.807, 2.05) is 25.4 Å². The highest BCUT2D eigenvalue weighted by Gasteiger charge is 2.03. The van der Waals surface area contributed by atoms with Crippen molar-refractivity contribution in [3.63, 3.8) is 0 Å². The third kappa shape index (κ3) is 3.90. The lowest BCUT2D eigenvalue weighted by Gasteiger charge is -2.10. The second-order valence-corrected chi connectivity index (χ2v) is 4.68. The fraction of sp³-hybridized carbons (Fsp3) is 0.385. The molecule has 0 aliphatic rings.